The van der Waals surface area contributed by atoms with Crippen molar-refractivity contribution >= 4 is 11.4 Å². The minimum Gasteiger partial charge on any atom is -0.535 e. The lowest BCUT2D eigenvalue weighted by atomic mass is 10.1. The highest BCUT2D eigenvalue weighted by Crippen LogP contribution is 2.33. The van der Waals surface area contributed by atoms with E-state index in [-0.39, 0.29) is 17.0 Å². The van der Waals surface area contributed by atoms with Gasteiger partial charge < -0.3 is 5.21 Å². The summed E-state index contributed by atoms with van der Waals surface area (Å²) in [5.74, 6) is 0. The SMILES string of the molecule is N#CC1=N[N+]([O-])([N+](=O)[O-])c2ccccc21. The molecule has 2 rings (SSSR count). The smallest absolute Gasteiger partial charge is 0.273 e. The molecule has 0 bridgehead atoms. The average Bonchev–Trinajstić information content (AvgIpc) is 2.54. The highest BCUT2D eigenvalue weighted by molar-refractivity contribution is 6.16. The van der Waals surface area contributed by atoms with Crippen molar-refractivity contribution < 1.29 is 5.03 Å². The first kappa shape index (κ1) is 9.26. The fourth-order valence-corrected chi connectivity index (χ4v) is 1.38. The lowest BCUT2D eigenvalue weighted by Gasteiger charge is -2.18. The van der Waals surface area contributed by atoms with Gasteiger partial charge in [0.1, 0.15) is 6.07 Å². The van der Waals surface area contributed by atoms with Crippen LogP contribution in [0.2, 0.25) is 0 Å². The second-order valence-corrected chi connectivity index (χ2v) is 2.86. The maximum absolute atomic E-state index is 11.7. The van der Waals surface area contributed by atoms with Gasteiger partial charge in [0.05, 0.1) is 10.4 Å². The van der Waals surface area contributed by atoms with Crippen LogP contribution < -0.4 is 4.86 Å². The Labute approximate surface area is 83.8 Å². The van der Waals surface area contributed by atoms with Crippen molar-refractivity contribution in [2.45, 2.75) is 0 Å². The molecule has 1 aliphatic heterocycles. The van der Waals surface area contributed by atoms with Crippen molar-refractivity contribution in [2.75, 3.05) is 0 Å². The van der Waals surface area contributed by atoms with E-state index in [9.17, 15) is 15.3 Å². The van der Waals surface area contributed by atoms with Gasteiger partial charge >= 0.3 is 0 Å². The third-order valence-electron chi connectivity index (χ3n) is 2.04. The van der Waals surface area contributed by atoms with Crippen LogP contribution in [0.3, 0.4) is 0 Å². The van der Waals surface area contributed by atoms with Crippen LogP contribution in [-0.2, 0) is 0 Å². The van der Waals surface area contributed by atoms with E-state index < -0.39 is 9.90 Å². The molecular formula is C8H4N4O3. The maximum atomic E-state index is 11.7. The summed E-state index contributed by atoms with van der Waals surface area (Å²) < 4.78 is 0. The van der Waals surface area contributed by atoms with Crippen molar-refractivity contribution in [3.63, 3.8) is 0 Å². The summed E-state index contributed by atoms with van der Waals surface area (Å²) >= 11 is 0. The van der Waals surface area contributed by atoms with Crippen LogP contribution in [0.4, 0.5) is 5.69 Å². The summed E-state index contributed by atoms with van der Waals surface area (Å²) in [5, 5.41) is 33.1. The van der Waals surface area contributed by atoms with Gasteiger partial charge in [-0.3, -0.25) is 0 Å². The molecule has 1 atom stereocenters. The van der Waals surface area contributed by atoms with Crippen LogP contribution in [0.1, 0.15) is 5.56 Å². The Kier molecular flexibility index (Phi) is 1.76. The molecule has 0 radical (unpaired) electrons. The van der Waals surface area contributed by atoms with Gasteiger partial charge in [0.2, 0.25) is 11.4 Å². The molecule has 0 aliphatic carbocycles. The molecule has 1 aromatic carbocycles. The fraction of sp³-hybridized carbons (Fsp3) is 0. The number of nitriles is 1. The van der Waals surface area contributed by atoms with E-state index in [0.717, 1.165) is 0 Å². The van der Waals surface area contributed by atoms with E-state index >= 15 is 0 Å². The van der Waals surface area contributed by atoms with Gasteiger partial charge in [-0.1, -0.05) is 12.1 Å². The molecule has 7 nitrogen and oxygen atoms in total. The van der Waals surface area contributed by atoms with Gasteiger partial charge in [0, 0.05) is 11.2 Å². The molecule has 1 unspecified atom stereocenters. The largest absolute Gasteiger partial charge is 0.535 e. The molecule has 0 fully saturated rings. The summed E-state index contributed by atoms with van der Waals surface area (Å²) in [7, 11) is 0. The first-order chi connectivity index (χ1) is 7.09. The number of benzene rings is 1. The molecule has 15 heavy (non-hydrogen) atoms. The standard InChI is InChI=1S/C8H4N4O3/c9-5-7-6-3-1-2-4-8(6)12(15,10-7)11(13)14/h1-4H. The molecule has 74 valence electrons. The number of rotatable bonds is 1. The van der Waals surface area contributed by atoms with E-state index in [0.29, 0.717) is 0 Å². The van der Waals surface area contributed by atoms with Crippen LogP contribution in [0, 0.1) is 26.7 Å². The molecule has 1 aromatic rings. The number of hydrogen-bond donors (Lipinski definition) is 0. The first-order valence-electron chi connectivity index (χ1n) is 3.95. The third kappa shape index (κ3) is 1.10. The third-order valence-corrected chi connectivity index (χ3v) is 2.04. The van der Waals surface area contributed by atoms with E-state index in [1.807, 2.05) is 0 Å². The summed E-state index contributed by atoms with van der Waals surface area (Å²) in [5.41, 5.74) is -0.136. The van der Waals surface area contributed by atoms with E-state index in [1.54, 1.807) is 12.1 Å². The second kappa shape index (κ2) is 2.84. The monoisotopic (exact) mass is 204 g/mol. The van der Waals surface area contributed by atoms with Crippen molar-refractivity contribution in [3.8, 4) is 6.07 Å². The summed E-state index contributed by atoms with van der Waals surface area (Å²) in [6.07, 6.45) is 0. The van der Waals surface area contributed by atoms with Crippen LogP contribution in [-0.4, -0.2) is 10.7 Å². The lowest BCUT2D eigenvalue weighted by molar-refractivity contribution is -0.628. The Hall–Kier alpha value is -2.30. The van der Waals surface area contributed by atoms with Crippen molar-refractivity contribution in [1.82, 2.24) is 4.86 Å². The molecule has 0 amide bonds. The Balaban J connectivity index is 2.72. The molecular weight excluding hydrogens is 200 g/mol. The van der Waals surface area contributed by atoms with Crippen molar-refractivity contribution in [3.05, 3.63) is 45.2 Å². The molecule has 0 N–H and O–H groups in total. The molecule has 1 heterocycles. The van der Waals surface area contributed by atoms with Gasteiger partial charge in [0.25, 0.3) is 5.03 Å². The average molecular weight is 204 g/mol. The van der Waals surface area contributed by atoms with Crippen LogP contribution in [0.5, 0.6) is 0 Å². The summed E-state index contributed by atoms with van der Waals surface area (Å²) in [6.45, 7) is 0. The highest BCUT2D eigenvalue weighted by Gasteiger charge is 2.44. The highest BCUT2D eigenvalue weighted by atomic mass is 16.8. The molecule has 0 saturated heterocycles. The van der Waals surface area contributed by atoms with E-state index in [2.05, 4.69) is 5.10 Å². The number of hydrogen-bond acceptors (Lipinski definition) is 5. The second-order valence-electron chi connectivity index (χ2n) is 2.86. The lowest BCUT2D eigenvalue weighted by Crippen LogP contribution is -2.41. The van der Waals surface area contributed by atoms with Crippen LogP contribution >= 0.6 is 0 Å². The van der Waals surface area contributed by atoms with Crippen LogP contribution in [0.15, 0.2) is 29.4 Å². The number of nitro groups is 1. The number of quaternary nitrogens is 1. The number of fused-ring (bicyclic) bond motifs is 1. The zero-order chi connectivity index (χ0) is 11.1. The Morgan fingerprint density at radius 1 is 1.47 bits per heavy atom. The molecule has 0 aromatic heterocycles. The Bertz CT molecular complexity index is 519. The van der Waals surface area contributed by atoms with Gasteiger partial charge in [-0.2, -0.15) is 5.26 Å². The molecule has 0 saturated carbocycles. The zero-order valence-corrected chi connectivity index (χ0v) is 7.32. The van der Waals surface area contributed by atoms with Crippen LogP contribution in [0.25, 0.3) is 0 Å². The topological polar surface area (TPSA) is 102 Å². The van der Waals surface area contributed by atoms with Gasteiger partial charge in [-0.25, -0.2) is 10.1 Å². The van der Waals surface area contributed by atoms with Gasteiger partial charge in [-0.05, 0) is 6.07 Å². The number of nitrogens with zero attached hydrogens (tertiary/aromatic N) is 4. The molecule has 1 aliphatic rings. The Morgan fingerprint density at radius 2 is 2.13 bits per heavy atom. The summed E-state index contributed by atoms with van der Waals surface area (Å²) in [4.78, 5) is 8.54. The molecule has 7 heteroatoms. The molecule has 0 spiro atoms. The quantitative estimate of drug-likeness (QED) is 0.293. The minimum absolute atomic E-state index is 0.140. The predicted octanol–water partition coefficient (Wildman–Crippen LogP) is 0.925. The fourth-order valence-electron chi connectivity index (χ4n) is 1.38. The maximum Gasteiger partial charge on any atom is 0.273 e. The van der Waals surface area contributed by atoms with Gasteiger partial charge in [-0.15, -0.1) is 0 Å². The van der Waals surface area contributed by atoms with E-state index in [1.165, 1.54) is 18.2 Å². The normalized spacial score (nSPS) is 22.8. The predicted molar refractivity (Wildman–Crippen MR) is 50.7 cm³/mol. The van der Waals surface area contributed by atoms with E-state index in [4.69, 9.17) is 5.26 Å². The van der Waals surface area contributed by atoms with Crippen molar-refractivity contribution in [1.29, 1.82) is 5.26 Å². The Morgan fingerprint density at radius 3 is 2.73 bits per heavy atom. The minimum atomic E-state index is -2.06. The van der Waals surface area contributed by atoms with Gasteiger partial charge in [0.15, 0.2) is 0 Å². The summed E-state index contributed by atoms with van der Waals surface area (Å²) in [6, 6.07) is 7.48. The first-order valence-corrected chi connectivity index (χ1v) is 3.95. The zero-order valence-electron chi connectivity index (χ0n) is 7.32. The van der Waals surface area contributed by atoms with Crippen molar-refractivity contribution in [2.24, 2.45) is 5.10 Å².